The fraction of sp³-hybridized carbons (Fsp3) is 0.421. The summed E-state index contributed by atoms with van der Waals surface area (Å²) >= 11 is 5.98. The van der Waals surface area contributed by atoms with E-state index in [0.717, 1.165) is 49.9 Å². The van der Waals surface area contributed by atoms with Gasteiger partial charge in [-0.25, -0.2) is 0 Å². The average molecular weight is 390 g/mol. The van der Waals surface area contributed by atoms with Crippen LogP contribution in [0.2, 0.25) is 5.02 Å². The Morgan fingerprint density at radius 3 is 2.74 bits per heavy atom. The molecule has 2 aromatic rings. The lowest BCUT2D eigenvalue weighted by molar-refractivity contribution is 0.0383. The maximum Gasteiger partial charge on any atom is 0.271 e. The molecule has 0 aliphatic carbocycles. The van der Waals surface area contributed by atoms with Crippen LogP contribution in [0.3, 0.4) is 0 Å². The molecule has 2 N–H and O–H groups in total. The Labute approximate surface area is 164 Å². The number of halogens is 1. The normalized spacial score (nSPS) is 14.7. The summed E-state index contributed by atoms with van der Waals surface area (Å²) in [6.45, 7) is 5.43. The van der Waals surface area contributed by atoms with Gasteiger partial charge in [0.2, 0.25) is 0 Å². The summed E-state index contributed by atoms with van der Waals surface area (Å²) in [6, 6.07) is 11.2. The zero-order valence-corrected chi connectivity index (χ0v) is 15.9. The van der Waals surface area contributed by atoms with Gasteiger partial charge in [0.05, 0.1) is 13.2 Å². The van der Waals surface area contributed by atoms with Crippen LogP contribution in [0.4, 0.5) is 5.82 Å². The van der Waals surface area contributed by atoms with Crippen molar-refractivity contribution >= 4 is 23.3 Å². The number of nitrogens with one attached hydrogen (secondary N) is 2. The van der Waals surface area contributed by atoms with Crippen LogP contribution in [0.1, 0.15) is 16.1 Å². The average Bonchev–Trinajstić information content (AvgIpc) is 2.69. The van der Waals surface area contributed by atoms with Crippen LogP contribution in [0.5, 0.6) is 0 Å². The number of anilines is 1. The number of carbonyl (C=O) groups excluding carboxylic acids is 1. The largest absolute Gasteiger partial charge is 0.379 e. The highest BCUT2D eigenvalue weighted by molar-refractivity contribution is 6.30. The van der Waals surface area contributed by atoms with E-state index in [1.54, 1.807) is 12.1 Å². The number of benzene rings is 1. The standard InChI is InChI=1S/C19H24ClN5O2/c20-16-3-1-2-15(14-16)6-7-21-18-5-4-17(23-24-18)19(26)22-8-9-25-10-12-27-13-11-25/h1-5,14H,6-13H2,(H,21,24)(H,22,26). The molecule has 1 aromatic carbocycles. The highest BCUT2D eigenvalue weighted by Crippen LogP contribution is 2.11. The molecular formula is C19H24ClN5O2. The molecule has 0 saturated carbocycles. The Morgan fingerprint density at radius 1 is 1.15 bits per heavy atom. The monoisotopic (exact) mass is 389 g/mol. The summed E-state index contributed by atoms with van der Waals surface area (Å²) < 4.78 is 5.31. The lowest BCUT2D eigenvalue weighted by Crippen LogP contribution is -2.41. The third-order valence-corrected chi connectivity index (χ3v) is 4.56. The molecule has 27 heavy (non-hydrogen) atoms. The van der Waals surface area contributed by atoms with E-state index in [2.05, 4.69) is 25.7 Å². The Bertz CT molecular complexity index is 735. The van der Waals surface area contributed by atoms with Crippen LogP contribution in [0, 0.1) is 0 Å². The molecule has 1 saturated heterocycles. The van der Waals surface area contributed by atoms with Crippen molar-refractivity contribution in [1.29, 1.82) is 0 Å². The van der Waals surface area contributed by atoms with Crippen molar-refractivity contribution < 1.29 is 9.53 Å². The number of amides is 1. The van der Waals surface area contributed by atoms with Crippen molar-refractivity contribution in [2.75, 3.05) is 51.3 Å². The molecule has 0 spiro atoms. The minimum Gasteiger partial charge on any atom is -0.379 e. The number of aromatic nitrogens is 2. The molecule has 7 nitrogen and oxygen atoms in total. The molecule has 0 atom stereocenters. The lowest BCUT2D eigenvalue weighted by atomic mass is 10.1. The van der Waals surface area contributed by atoms with E-state index in [4.69, 9.17) is 16.3 Å². The van der Waals surface area contributed by atoms with Crippen molar-refractivity contribution in [1.82, 2.24) is 20.4 Å². The van der Waals surface area contributed by atoms with Gasteiger partial charge in [0.15, 0.2) is 5.69 Å². The first-order valence-electron chi connectivity index (χ1n) is 9.11. The zero-order chi connectivity index (χ0) is 18.9. The van der Waals surface area contributed by atoms with Crippen molar-refractivity contribution in [2.45, 2.75) is 6.42 Å². The van der Waals surface area contributed by atoms with E-state index in [0.29, 0.717) is 24.6 Å². The molecule has 0 unspecified atom stereocenters. The topological polar surface area (TPSA) is 79.4 Å². The number of morpholine rings is 1. The summed E-state index contributed by atoms with van der Waals surface area (Å²) in [5.74, 6) is 0.433. The molecule has 1 fully saturated rings. The lowest BCUT2D eigenvalue weighted by Gasteiger charge is -2.26. The Balaban J connectivity index is 1.39. The van der Waals surface area contributed by atoms with Crippen LogP contribution in [0.15, 0.2) is 36.4 Å². The molecule has 2 heterocycles. The smallest absolute Gasteiger partial charge is 0.271 e. The minimum atomic E-state index is -0.207. The second kappa shape index (κ2) is 10.2. The van der Waals surface area contributed by atoms with Crippen LogP contribution in [0.25, 0.3) is 0 Å². The molecule has 8 heteroatoms. The molecule has 1 aromatic heterocycles. The Hall–Kier alpha value is -2.22. The number of nitrogens with zero attached hydrogens (tertiary/aromatic N) is 3. The van der Waals surface area contributed by atoms with Gasteiger partial charge >= 0.3 is 0 Å². The molecule has 3 rings (SSSR count). The number of rotatable bonds is 8. The molecule has 1 aliphatic rings. The zero-order valence-electron chi connectivity index (χ0n) is 15.2. The maximum atomic E-state index is 12.1. The van der Waals surface area contributed by atoms with Crippen LogP contribution >= 0.6 is 11.6 Å². The second-order valence-corrected chi connectivity index (χ2v) is 6.76. The second-order valence-electron chi connectivity index (χ2n) is 6.32. The summed E-state index contributed by atoms with van der Waals surface area (Å²) in [5, 5.41) is 14.9. The van der Waals surface area contributed by atoms with E-state index in [-0.39, 0.29) is 5.91 Å². The van der Waals surface area contributed by atoms with E-state index < -0.39 is 0 Å². The fourth-order valence-electron chi connectivity index (χ4n) is 2.82. The summed E-state index contributed by atoms with van der Waals surface area (Å²) in [6.07, 6.45) is 0.825. The molecule has 144 valence electrons. The van der Waals surface area contributed by atoms with Crippen molar-refractivity contribution in [3.05, 3.63) is 52.7 Å². The van der Waals surface area contributed by atoms with Crippen molar-refractivity contribution in [3.63, 3.8) is 0 Å². The van der Waals surface area contributed by atoms with Gasteiger partial charge in [0.25, 0.3) is 5.91 Å². The summed E-state index contributed by atoms with van der Waals surface area (Å²) in [4.78, 5) is 14.4. The Kier molecular flexibility index (Phi) is 7.38. The van der Waals surface area contributed by atoms with Crippen molar-refractivity contribution in [2.24, 2.45) is 0 Å². The van der Waals surface area contributed by atoms with Gasteiger partial charge in [-0.2, -0.15) is 0 Å². The Morgan fingerprint density at radius 2 is 2.00 bits per heavy atom. The van der Waals surface area contributed by atoms with Crippen LogP contribution < -0.4 is 10.6 Å². The van der Waals surface area contributed by atoms with Gasteiger partial charge in [0, 0.05) is 37.7 Å². The van der Waals surface area contributed by atoms with Crippen LogP contribution in [-0.2, 0) is 11.2 Å². The molecular weight excluding hydrogens is 366 g/mol. The highest BCUT2D eigenvalue weighted by atomic mass is 35.5. The van der Waals surface area contributed by atoms with E-state index >= 15 is 0 Å². The van der Waals surface area contributed by atoms with Gasteiger partial charge < -0.3 is 15.4 Å². The predicted molar refractivity (Wildman–Crippen MR) is 105 cm³/mol. The number of ether oxygens (including phenoxy) is 1. The highest BCUT2D eigenvalue weighted by Gasteiger charge is 2.12. The van der Waals surface area contributed by atoms with Gasteiger partial charge in [-0.3, -0.25) is 9.69 Å². The van der Waals surface area contributed by atoms with Crippen molar-refractivity contribution in [3.8, 4) is 0 Å². The third-order valence-electron chi connectivity index (χ3n) is 4.32. The fourth-order valence-corrected chi connectivity index (χ4v) is 3.03. The van der Waals surface area contributed by atoms with E-state index in [9.17, 15) is 4.79 Å². The van der Waals surface area contributed by atoms with Gasteiger partial charge in [-0.05, 0) is 36.2 Å². The molecule has 0 bridgehead atoms. The van der Waals surface area contributed by atoms with E-state index in [1.165, 1.54) is 0 Å². The quantitative estimate of drug-likeness (QED) is 0.717. The van der Waals surface area contributed by atoms with Gasteiger partial charge in [0.1, 0.15) is 5.82 Å². The van der Waals surface area contributed by atoms with E-state index in [1.807, 2.05) is 24.3 Å². The number of hydrogen-bond donors (Lipinski definition) is 2. The number of carbonyl (C=O) groups is 1. The third kappa shape index (κ3) is 6.46. The summed E-state index contributed by atoms with van der Waals surface area (Å²) in [5.41, 5.74) is 1.47. The molecule has 1 amide bonds. The first kappa shape index (κ1) is 19.5. The predicted octanol–water partition coefficient (Wildman–Crippen LogP) is 1.85. The molecule has 1 aliphatic heterocycles. The minimum absolute atomic E-state index is 0.207. The maximum absolute atomic E-state index is 12.1. The van der Waals surface area contributed by atoms with Gasteiger partial charge in [-0.15, -0.1) is 10.2 Å². The summed E-state index contributed by atoms with van der Waals surface area (Å²) in [7, 11) is 0. The van der Waals surface area contributed by atoms with Gasteiger partial charge in [-0.1, -0.05) is 23.7 Å². The SMILES string of the molecule is O=C(NCCN1CCOCC1)c1ccc(NCCc2cccc(Cl)c2)nn1. The first-order chi connectivity index (χ1) is 13.2. The number of hydrogen-bond acceptors (Lipinski definition) is 6. The molecule has 0 radical (unpaired) electrons. The van der Waals surface area contributed by atoms with Crippen LogP contribution in [-0.4, -0.2) is 66.9 Å². The first-order valence-corrected chi connectivity index (χ1v) is 9.49.